The van der Waals surface area contributed by atoms with Crippen molar-refractivity contribution in [2.24, 2.45) is 0 Å². The zero-order valence-electron chi connectivity index (χ0n) is 7.37. The molecule has 1 nitrogen and oxygen atoms in total. The Balaban J connectivity index is 3.21. The van der Waals surface area contributed by atoms with Crippen LogP contribution in [-0.4, -0.2) is 18.3 Å². The Morgan fingerprint density at radius 3 is 2.20 bits per heavy atom. The van der Waals surface area contributed by atoms with Gasteiger partial charge in [0.15, 0.2) is 0 Å². The van der Waals surface area contributed by atoms with E-state index in [9.17, 15) is 4.39 Å². The van der Waals surface area contributed by atoms with Gasteiger partial charge in [0.05, 0.1) is 0 Å². The van der Waals surface area contributed by atoms with Crippen molar-refractivity contribution >= 4 is 0 Å². The molecule has 0 unspecified atom stereocenters. The normalized spacial score (nSPS) is 12.6. The predicted molar refractivity (Wildman–Crippen MR) is 42.9 cm³/mol. The largest absolute Gasteiger partial charge is 0.314 e. The van der Waals surface area contributed by atoms with Gasteiger partial charge in [-0.25, -0.2) is 4.39 Å². The molecule has 0 radical (unpaired) electrons. The Labute approximate surface area is 63.0 Å². The van der Waals surface area contributed by atoms with Crippen molar-refractivity contribution in [2.45, 2.75) is 45.8 Å². The van der Waals surface area contributed by atoms with Gasteiger partial charge >= 0.3 is 0 Å². The van der Waals surface area contributed by atoms with Crippen molar-refractivity contribution < 1.29 is 4.39 Å². The third-order valence-corrected chi connectivity index (χ3v) is 1.27. The number of alkyl halides is 1. The Morgan fingerprint density at radius 1 is 1.40 bits per heavy atom. The first kappa shape index (κ1) is 9.89. The van der Waals surface area contributed by atoms with Crippen LogP contribution in [0.1, 0.15) is 34.1 Å². The van der Waals surface area contributed by atoms with E-state index in [0.717, 1.165) is 6.54 Å². The van der Waals surface area contributed by atoms with Crippen molar-refractivity contribution in [3.05, 3.63) is 0 Å². The van der Waals surface area contributed by atoms with Crippen LogP contribution in [0.4, 0.5) is 4.39 Å². The molecule has 0 aliphatic carbocycles. The molecule has 0 aliphatic rings. The van der Waals surface area contributed by atoms with Crippen molar-refractivity contribution in [2.75, 3.05) is 6.54 Å². The molecule has 0 amide bonds. The van der Waals surface area contributed by atoms with Crippen LogP contribution < -0.4 is 5.32 Å². The second kappa shape index (κ2) is 3.91. The van der Waals surface area contributed by atoms with E-state index in [1.807, 2.05) is 0 Å². The molecule has 0 aromatic heterocycles. The second-order valence-corrected chi connectivity index (χ2v) is 3.58. The molecule has 0 fully saturated rings. The lowest BCUT2D eigenvalue weighted by Gasteiger charge is -2.15. The number of halogens is 1. The van der Waals surface area contributed by atoms with E-state index in [1.54, 1.807) is 13.8 Å². The van der Waals surface area contributed by atoms with Gasteiger partial charge in [0.1, 0.15) is 5.67 Å². The quantitative estimate of drug-likeness (QED) is 0.642. The Morgan fingerprint density at radius 2 is 1.90 bits per heavy atom. The van der Waals surface area contributed by atoms with Crippen molar-refractivity contribution in [3.8, 4) is 0 Å². The highest BCUT2D eigenvalue weighted by atomic mass is 19.1. The van der Waals surface area contributed by atoms with Crippen LogP contribution in [0.25, 0.3) is 0 Å². The maximum Gasteiger partial charge on any atom is 0.106 e. The molecule has 0 heterocycles. The zero-order chi connectivity index (χ0) is 8.20. The summed E-state index contributed by atoms with van der Waals surface area (Å²) in [7, 11) is 0. The van der Waals surface area contributed by atoms with E-state index in [-0.39, 0.29) is 0 Å². The van der Waals surface area contributed by atoms with Crippen LogP contribution in [-0.2, 0) is 0 Å². The fourth-order valence-corrected chi connectivity index (χ4v) is 0.658. The summed E-state index contributed by atoms with van der Waals surface area (Å²) in [5.74, 6) is 0. The fraction of sp³-hybridized carbons (Fsp3) is 1.00. The molecule has 2 heteroatoms. The summed E-state index contributed by atoms with van der Waals surface area (Å²) >= 11 is 0. The molecule has 0 bridgehead atoms. The molecule has 0 aliphatic heterocycles. The third kappa shape index (κ3) is 7.89. The monoisotopic (exact) mass is 147 g/mol. The lowest BCUT2D eigenvalue weighted by Crippen LogP contribution is -2.28. The minimum atomic E-state index is -1.03. The first-order valence-corrected chi connectivity index (χ1v) is 3.84. The van der Waals surface area contributed by atoms with Crippen molar-refractivity contribution in [1.82, 2.24) is 5.32 Å². The van der Waals surface area contributed by atoms with Crippen LogP contribution >= 0.6 is 0 Å². The topological polar surface area (TPSA) is 12.0 Å². The summed E-state index contributed by atoms with van der Waals surface area (Å²) in [5, 5.41) is 3.16. The van der Waals surface area contributed by atoms with Gasteiger partial charge in [-0.2, -0.15) is 0 Å². The Bertz CT molecular complexity index is 83.7. The molecule has 0 atom stereocenters. The average Bonchev–Trinajstić information content (AvgIpc) is 1.59. The Kier molecular flexibility index (Phi) is 3.87. The highest BCUT2D eigenvalue weighted by molar-refractivity contribution is 4.67. The highest BCUT2D eigenvalue weighted by Crippen LogP contribution is 2.11. The van der Waals surface area contributed by atoms with E-state index in [2.05, 4.69) is 19.2 Å². The van der Waals surface area contributed by atoms with Crippen LogP contribution in [0.3, 0.4) is 0 Å². The average molecular weight is 147 g/mol. The summed E-state index contributed by atoms with van der Waals surface area (Å²) in [6.07, 6.45) is 0.588. The first-order valence-electron chi connectivity index (χ1n) is 3.84. The van der Waals surface area contributed by atoms with Crippen molar-refractivity contribution in [1.29, 1.82) is 0 Å². The lowest BCUT2D eigenvalue weighted by atomic mass is 10.1. The number of rotatable bonds is 4. The first-order chi connectivity index (χ1) is 4.42. The van der Waals surface area contributed by atoms with E-state index < -0.39 is 5.67 Å². The van der Waals surface area contributed by atoms with Crippen LogP contribution in [0.2, 0.25) is 0 Å². The molecule has 10 heavy (non-hydrogen) atoms. The zero-order valence-corrected chi connectivity index (χ0v) is 7.37. The summed E-state index contributed by atoms with van der Waals surface area (Å²) in [4.78, 5) is 0. The van der Waals surface area contributed by atoms with Gasteiger partial charge in [0.25, 0.3) is 0 Å². The molecule has 62 valence electrons. The predicted octanol–water partition coefficient (Wildman–Crippen LogP) is 2.12. The van der Waals surface area contributed by atoms with Gasteiger partial charge in [-0.15, -0.1) is 0 Å². The van der Waals surface area contributed by atoms with Gasteiger partial charge in [0, 0.05) is 6.04 Å². The molecular weight excluding hydrogens is 129 g/mol. The molecule has 0 spiro atoms. The minimum Gasteiger partial charge on any atom is -0.314 e. The number of hydrogen-bond acceptors (Lipinski definition) is 1. The maximum absolute atomic E-state index is 12.8. The summed E-state index contributed by atoms with van der Waals surface area (Å²) in [6.45, 7) is 8.10. The second-order valence-electron chi connectivity index (χ2n) is 3.58. The van der Waals surface area contributed by atoms with Crippen LogP contribution in [0.5, 0.6) is 0 Å². The molecule has 0 saturated heterocycles. The van der Waals surface area contributed by atoms with E-state index >= 15 is 0 Å². The van der Waals surface area contributed by atoms with Crippen LogP contribution in [0, 0.1) is 0 Å². The van der Waals surface area contributed by atoms with Crippen LogP contribution in [0.15, 0.2) is 0 Å². The lowest BCUT2D eigenvalue weighted by molar-refractivity contribution is 0.199. The standard InChI is InChI=1S/C8H18FN/c1-7(2)10-6-5-8(3,4)9/h7,10H,5-6H2,1-4H3. The molecule has 0 aromatic carbocycles. The SMILES string of the molecule is CC(C)NCCC(C)(C)F. The van der Waals surface area contributed by atoms with E-state index in [0.29, 0.717) is 12.5 Å². The molecule has 0 saturated carbocycles. The van der Waals surface area contributed by atoms with E-state index in [4.69, 9.17) is 0 Å². The van der Waals surface area contributed by atoms with Gasteiger partial charge < -0.3 is 5.32 Å². The number of nitrogens with one attached hydrogen (secondary N) is 1. The van der Waals surface area contributed by atoms with Gasteiger partial charge in [0.2, 0.25) is 0 Å². The minimum absolute atomic E-state index is 0.461. The Hall–Kier alpha value is -0.110. The molecular formula is C8H18FN. The maximum atomic E-state index is 12.8. The van der Waals surface area contributed by atoms with E-state index in [1.165, 1.54) is 0 Å². The summed E-state index contributed by atoms with van der Waals surface area (Å²) in [5.41, 5.74) is -1.03. The van der Waals surface area contributed by atoms with Gasteiger partial charge in [-0.05, 0) is 26.8 Å². The molecule has 1 N–H and O–H groups in total. The number of hydrogen-bond donors (Lipinski definition) is 1. The van der Waals surface area contributed by atoms with Gasteiger partial charge in [-0.3, -0.25) is 0 Å². The van der Waals surface area contributed by atoms with Gasteiger partial charge in [-0.1, -0.05) is 13.8 Å². The molecule has 0 rings (SSSR count). The smallest absolute Gasteiger partial charge is 0.106 e. The third-order valence-electron chi connectivity index (χ3n) is 1.27. The fourth-order valence-electron chi connectivity index (χ4n) is 0.658. The van der Waals surface area contributed by atoms with Crippen molar-refractivity contribution in [3.63, 3.8) is 0 Å². The summed E-state index contributed by atoms with van der Waals surface area (Å²) < 4.78 is 12.8. The summed E-state index contributed by atoms with van der Waals surface area (Å²) in [6, 6.07) is 0.461. The molecule has 0 aromatic rings. The highest BCUT2D eigenvalue weighted by Gasteiger charge is 2.13.